The maximum atomic E-state index is 9.14. The fraction of sp³-hybridized carbons (Fsp3) is 0.429. The van der Waals surface area contributed by atoms with Crippen LogP contribution in [-0.4, -0.2) is 31.2 Å². The summed E-state index contributed by atoms with van der Waals surface area (Å²) in [5.74, 6) is 0.668. The van der Waals surface area contributed by atoms with Crippen LogP contribution in [0.25, 0.3) is 22.0 Å². The van der Waals surface area contributed by atoms with Crippen molar-refractivity contribution in [1.29, 1.82) is 5.26 Å². The molecule has 1 saturated carbocycles. The minimum atomic E-state index is 0.564. The maximum Gasteiger partial charge on any atom is 0.0991 e. The summed E-state index contributed by atoms with van der Waals surface area (Å²) in [5.41, 5.74) is 7.53. The number of para-hydroxylation sites is 1. The van der Waals surface area contributed by atoms with E-state index in [0.717, 1.165) is 29.7 Å². The number of rotatable bonds is 3. The molecule has 2 saturated heterocycles. The molecule has 3 fully saturated rings. The fourth-order valence-corrected chi connectivity index (χ4v) is 5.92. The van der Waals surface area contributed by atoms with E-state index in [2.05, 4.69) is 40.7 Å². The molecule has 162 valence electrons. The number of hydrogen-bond donors (Lipinski definition) is 1. The van der Waals surface area contributed by atoms with Gasteiger partial charge in [0.2, 0.25) is 0 Å². The van der Waals surface area contributed by atoms with Crippen LogP contribution in [-0.2, 0) is 0 Å². The summed E-state index contributed by atoms with van der Waals surface area (Å²) in [6.45, 7) is 4.68. The van der Waals surface area contributed by atoms with Crippen LogP contribution in [0.2, 0.25) is 0 Å². The first kappa shape index (κ1) is 19.8. The summed E-state index contributed by atoms with van der Waals surface area (Å²) in [6, 6.07) is 16.7. The lowest BCUT2D eigenvalue weighted by Crippen LogP contribution is -2.45. The molecular formula is C28H30N4. The van der Waals surface area contributed by atoms with Gasteiger partial charge < -0.3 is 10.2 Å². The Morgan fingerprint density at radius 3 is 2.41 bits per heavy atom. The zero-order chi connectivity index (χ0) is 21.5. The SMILES string of the molecule is N#Cc1ccc(-c2cccc3c(C4CC4)c(N4CCC5(CCNCC5)CC4)cnc23)cc1. The third-order valence-corrected chi connectivity index (χ3v) is 8.06. The highest BCUT2D eigenvalue weighted by atomic mass is 15.1. The summed E-state index contributed by atoms with van der Waals surface area (Å²) in [5, 5.41) is 14.0. The predicted octanol–water partition coefficient (Wildman–Crippen LogP) is 5.62. The van der Waals surface area contributed by atoms with Crippen LogP contribution < -0.4 is 10.2 Å². The highest BCUT2D eigenvalue weighted by Crippen LogP contribution is 2.49. The molecule has 0 atom stereocenters. The van der Waals surface area contributed by atoms with E-state index in [1.54, 1.807) is 0 Å². The Kier molecular flexibility index (Phi) is 4.88. The smallest absolute Gasteiger partial charge is 0.0991 e. The first-order chi connectivity index (χ1) is 15.8. The molecule has 2 aromatic carbocycles. The number of nitriles is 1. The molecule has 4 heteroatoms. The molecule has 0 amide bonds. The summed E-state index contributed by atoms with van der Waals surface area (Å²) in [6.07, 6.45) is 10.0. The molecule has 3 aliphatic rings. The number of benzene rings is 2. The summed E-state index contributed by atoms with van der Waals surface area (Å²) < 4.78 is 0. The van der Waals surface area contributed by atoms with E-state index >= 15 is 0 Å². The Morgan fingerprint density at radius 1 is 0.969 bits per heavy atom. The Hall–Kier alpha value is -2.90. The van der Waals surface area contributed by atoms with E-state index in [0.29, 0.717) is 16.9 Å². The molecule has 3 heterocycles. The van der Waals surface area contributed by atoms with E-state index in [4.69, 9.17) is 10.2 Å². The van der Waals surface area contributed by atoms with Crippen LogP contribution in [0.15, 0.2) is 48.7 Å². The van der Waals surface area contributed by atoms with Gasteiger partial charge in [-0.05, 0) is 86.2 Å². The number of pyridine rings is 1. The van der Waals surface area contributed by atoms with E-state index in [-0.39, 0.29) is 0 Å². The Labute approximate surface area is 190 Å². The summed E-state index contributed by atoms with van der Waals surface area (Å²) in [4.78, 5) is 7.66. The van der Waals surface area contributed by atoms with Crippen LogP contribution in [0, 0.1) is 16.7 Å². The van der Waals surface area contributed by atoms with E-state index in [1.165, 1.54) is 68.3 Å². The second-order valence-corrected chi connectivity index (χ2v) is 9.96. The van der Waals surface area contributed by atoms with Gasteiger partial charge in [0.1, 0.15) is 0 Å². The first-order valence-corrected chi connectivity index (χ1v) is 12.1. The third kappa shape index (κ3) is 3.45. The molecule has 0 unspecified atom stereocenters. The van der Waals surface area contributed by atoms with Gasteiger partial charge in [0, 0.05) is 24.0 Å². The molecular weight excluding hydrogens is 392 g/mol. The lowest BCUT2D eigenvalue weighted by atomic mass is 9.71. The molecule has 0 bridgehead atoms. The molecule has 0 radical (unpaired) electrons. The van der Waals surface area contributed by atoms with Crippen LogP contribution in [0.3, 0.4) is 0 Å². The Morgan fingerprint density at radius 2 is 1.72 bits per heavy atom. The van der Waals surface area contributed by atoms with Gasteiger partial charge in [-0.25, -0.2) is 0 Å². The van der Waals surface area contributed by atoms with Gasteiger partial charge in [0.25, 0.3) is 0 Å². The quantitative estimate of drug-likeness (QED) is 0.595. The largest absolute Gasteiger partial charge is 0.370 e. The number of anilines is 1. The maximum absolute atomic E-state index is 9.14. The van der Waals surface area contributed by atoms with Crippen molar-refractivity contribution in [3.05, 3.63) is 59.8 Å². The van der Waals surface area contributed by atoms with E-state index < -0.39 is 0 Å². The molecule has 1 N–H and O–H groups in total. The Balaban J connectivity index is 1.37. The number of hydrogen-bond acceptors (Lipinski definition) is 4. The monoisotopic (exact) mass is 422 g/mol. The van der Waals surface area contributed by atoms with Crippen LogP contribution in [0.4, 0.5) is 5.69 Å². The van der Waals surface area contributed by atoms with E-state index in [1.807, 2.05) is 24.3 Å². The minimum absolute atomic E-state index is 0.564. The van der Waals surface area contributed by atoms with Gasteiger partial charge in [-0.2, -0.15) is 5.26 Å². The number of fused-ring (bicyclic) bond motifs is 1. The van der Waals surface area contributed by atoms with Gasteiger partial charge >= 0.3 is 0 Å². The van der Waals surface area contributed by atoms with Crippen LogP contribution >= 0.6 is 0 Å². The zero-order valence-corrected chi connectivity index (χ0v) is 18.6. The number of aromatic nitrogens is 1. The second kappa shape index (κ2) is 7.90. The van der Waals surface area contributed by atoms with Crippen molar-refractivity contribution in [1.82, 2.24) is 10.3 Å². The molecule has 1 aromatic heterocycles. The number of piperidine rings is 2. The van der Waals surface area contributed by atoms with Crippen molar-refractivity contribution in [2.45, 2.75) is 44.4 Å². The lowest BCUT2D eigenvalue weighted by Gasteiger charge is -2.45. The minimum Gasteiger partial charge on any atom is -0.370 e. The van der Waals surface area contributed by atoms with Crippen molar-refractivity contribution in [3.63, 3.8) is 0 Å². The second-order valence-electron chi connectivity index (χ2n) is 9.96. The highest BCUT2D eigenvalue weighted by molar-refractivity contribution is 5.98. The molecule has 4 nitrogen and oxygen atoms in total. The van der Waals surface area contributed by atoms with Crippen molar-refractivity contribution in [2.24, 2.45) is 5.41 Å². The zero-order valence-electron chi connectivity index (χ0n) is 18.6. The van der Waals surface area contributed by atoms with Crippen molar-refractivity contribution in [3.8, 4) is 17.2 Å². The molecule has 2 aliphatic heterocycles. The van der Waals surface area contributed by atoms with E-state index in [9.17, 15) is 0 Å². The average molecular weight is 423 g/mol. The van der Waals surface area contributed by atoms with Gasteiger partial charge in [-0.1, -0.05) is 30.3 Å². The highest BCUT2D eigenvalue weighted by Gasteiger charge is 2.37. The van der Waals surface area contributed by atoms with Crippen LogP contribution in [0.5, 0.6) is 0 Å². The standard InChI is InChI=1S/C28H30N4/c29-18-20-4-6-21(7-5-20)23-2-1-3-24-26(22-8-9-22)25(19-31-27(23)24)32-16-12-28(13-17-32)10-14-30-15-11-28/h1-7,19,22,30H,8-17H2. The van der Waals surface area contributed by atoms with Crippen molar-refractivity contribution >= 4 is 16.6 Å². The lowest BCUT2D eigenvalue weighted by molar-refractivity contribution is 0.155. The number of nitrogens with one attached hydrogen (secondary N) is 1. The van der Waals surface area contributed by atoms with Crippen molar-refractivity contribution < 1.29 is 0 Å². The van der Waals surface area contributed by atoms with Crippen LogP contribution in [0.1, 0.15) is 55.6 Å². The molecule has 6 rings (SSSR count). The summed E-state index contributed by atoms with van der Waals surface area (Å²) in [7, 11) is 0. The van der Waals surface area contributed by atoms with Gasteiger partial charge in [-0.3, -0.25) is 4.98 Å². The van der Waals surface area contributed by atoms with Gasteiger partial charge in [0.15, 0.2) is 0 Å². The van der Waals surface area contributed by atoms with Gasteiger partial charge in [0.05, 0.1) is 29.0 Å². The summed E-state index contributed by atoms with van der Waals surface area (Å²) >= 11 is 0. The predicted molar refractivity (Wildman–Crippen MR) is 130 cm³/mol. The molecule has 1 aliphatic carbocycles. The Bertz CT molecular complexity index is 1170. The average Bonchev–Trinajstić information content (AvgIpc) is 3.69. The molecule has 3 aromatic rings. The normalized spacial score (nSPS) is 20.4. The fourth-order valence-electron chi connectivity index (χ4n) is 5.92. The molecule has 1 spiro atoms. The van der Waals surface area contributed by atoms with Crippen molar-refractivity contribution in [2.75, 3.05) is 31.1 Å². The van der Waals surface area contributed by atoms with Gasteiger partial charge in [-0.15, -0.1) is 0 Å². The molecule has 32 heavy (non-hydrogen) atoms. The third-order valence-electron chi connectivity index (χ3n) is 8.06. The topological polar surface area (TPSA) is 52.0 Å². The number of nitrogens with zero attached hydrogens (tertiary/aromatic N) is 3. The first-order valence-electron chi connectivity index (χ1n) is 12.1.